The maximum Gasteiger partial charge on any atom is 0.261 e. The predicted molar refractivity (Wildman–Crippen MR) is 135 cm³/mol. The van der Waals surface area contributed by atoms with Gasteiger partial charge >= 0.3 is 0 Å². The highest BCUT2D eigenvalue weighted by molar-refractivity contribution is 6.30. The van der Waals surface area contributed by atoms with Crippen LogP contribution in [0.5, 0.6) is 0 Å². The molecule has 0 radical (unpaired) electrons. The molecule has 1 amide bonds. The standard InChI is InChI=1S/C25H25ClN8O/c1-5-32-14-21(15(2)30-32)22-9-10-27-24-20(12-28-34(22)24)25(35)29-23-16(3)31-33(17(23)4)13-18-7-6-8-19(26)11-18/h6-12,14H,5,13H2,1-4H3,(H,29,35). The van der Waals surface area contributed by atoms with Crippen molar-refractivity contribution in [3.63, 3.8) is 0 Å². The number of halogens is 1. The molecule has 178 valence electrons. The molecule has 5 rings (SSSR count). The highest BCUT2D eigenvalue weighted by Gasteiger charge is 2.21. The molecule has 0 saturated carbocycles. The minimum Gasteiger partial charge on any atom is -0.319 e. The molecule has 1 aromatic carbocycles. The van der Waals surface area contributed by atoms with Crippen molar-refractivity contribution in [2.45, 2.75) is 40.8 Å². The number of carbonyl (C=O) groups excluding carboxylic acids is 1. The second-order valence-corrected chi connectivity index (χ2v) is 8.83. The highest BCUT2D eigenvalue weighted by atomic mass is 35.5. The lowest BCUT2D eigenvalue weighted by molar-refractivity contribution is 0.102. The van der Waals surface area contributed by atoms with Gasteiger partial charge in [0.25, 0.3) is 5.91 Å². The lowest BCUT2D eigenvalue weighted by Crippen LogP contribution is -2.13. The average Bonchev–Trinajstić information content (AvgIpc) is 3.51. The van der Waals surface area contributed by atoms with E-state index < -0.39 is 0 Å². The van der Waals surface area contributed by atoms with E-state index in [0.29, 0.717) is 28.5 Å². The van der Waals surface area contributed by atoms with E-state index in [1.807, 2.05) is 73.6 Å². The van der Waals surface area contributed by atoms with E-state index in [-0.39, 0.29) is 5.91 Å². The number of fused-ring (bicyclic) bond motifs is 1. The van der Waals surface area contributed by atoms with Crippen LogP contribution in [0, 0.1) is 20.8 Å². The van der Waals surface area contributed by atoms with Gasteiger partial charge < -0.3 is 5.32 Å². The lowest BCUT2D eigenvalue weighted by atomic mass is 10.2. The number of hydrogen-bond acceptors (Lipinski definition) is 5. The second-order valence-electron chi connectivity index (χ2n) is 8.40. The zero-order chi connectivity index (χ0) is 24.7. The smallest absolute Gasteiger partial charge is 0.261 e. The molecule has 4 aromatic heterocycles. The molecule has 0 aliphatic heterocycles. The first kappa shape index (κ1) is 22.8. The molecule has 0 saturated heterocycles. The van der Waals surface area contributed by atoms with Gasteiger partial charge in [-0.15, -0.1) is 0 Å². The quantitative estimate of drug-likeness (QED) is 0.374. The van der Waals surface area contributed by atoms with Gasteiger partial charge in [-0.1, -0.05) is 23.7 Å². The van der Waals surface area contributed by atoms with E-state index in [1.165, 1.54) is 0 Å². The van der Waals surface area contributed by atoms with Crippen molar-refractivity contribution in [2.75, 3.05) is 5.32 Å². The van der Waals surface area contributed by atoms with Gasteiger partial charge in [-0.05, 0) is 51.5 Å². The number of nitrogens with zero attached hydrogens (tertiary/aromatic N) is 7. The van der Waals surface area contributed by atoms with Crippen LogP contribution in [0.2, 0.25) is 5.02 Å². The Hall–Kier alpha value is -3.98. The zero-order valence-corrected chi connectivity index (χ0v) is 20.7. The van der Waals surface area contributed by atoms with Crippen LogP contribution in [-0.2, 0) is 13.1 Å². The summed E-state index contributed by atoms with van der Waals surface area (Å²) in [7, 11) is 0. The van der Waals surface area contributed by atoms with Gasteiger partial charge in [-0.25, -0.2) is 9.50 Å². The molecule has 0 unspecified atom stereocenters. The molecule has 4 heterocycles. The molecular formula is C25H25ClN8O. The summed E-state index contributed by atoms with van der Waals surface area (Å²) < 4.78 is 5.42. The number of anilines is 1. The Bertz CT molecular complexity index is 1560. The summed E-state index contributed by atoms with van der Waals surface area (Å²) in [5.74, 6) is -0.292. The number of carbonyl (C=O) groups is 1. The normalized spacial score (nSPS) is 11.3. The SMILES string of the molecule is CCn1cc(-c2ccnc3c(C(=O)Nc4c(C)nn(Cc5cccc(Cl)c5)c4C)cnn23)c(C)n1. The first-order valence-electron chi connectivity index (χ1n) is 11.3. The number of nitrogens with one attached hydrogen (secondary N) is 1. The summed E-state index contributed by atoms with van der Waals surface area (Å²) in [6.45, 7) is 9.12. The molecule has 9 nitrogen and oxygen atoms in total. The summed E-state index contributed by atoms with van der Waals surface area (Å²) in [5.41, 5.74) is 6.80. The van der Waals surface area contributed by atoms with Crippen molar-refractivity contribution in [1.29, 1.82) is 0 Å². The number of rotatable bonds is 6. The van der Waals surface area contributed by atoms with Gasteiger partial charge in [-0.3, -0.25) is 14.2 Å². The molecule has 0 spiro atoms. The Morgan fingerprint density at radius 1 is 1.11 bits per heavy atom. The van der Waals surface area contributed by atoms with Gasteiger partial charge in [0.05, 0.1) is 41.2 Å². The maximum atomic E-state index is 13.3. The lowest BCUT2D eigenvalue weighted by Gasteiger charge is -2.07. The number of aryl methyl sites for hydroxylation is 3. The molecule has 0 bridgehead atoms. The molecule has 0 aliphatic carbocycles. The van der Waals surface area contributed by atoms with Gasteiger partial charge in [0, 0.05) is 29.5 Å². The van der Waals surface area contributed by atoms with Crippen molar-refractivity contribution in [3.05, 3.63) is 82.2 Å². The third kappa shape index (κ3) is 4.19. The predicted octanol–water partition coefficient (Wildman–Crippen LogP) is 4.69. The van der Waals surface area contributed by atoms with Gasteiger partial charge in [-0.2, -0.15) is 15.3 Å². The van der Waals surface area contributed by atoms with Crippen molar-refractivity contribution in [2.24, 2.45) is 0 Å². The molecule has 10 heteroatoms. The van der Waals surface area contributed by atoms with E-state index in [4.69, 9.17) is 11.6 Å². The minimum atomic E-state index is -0.292. The van der Waals surface area contributed by atoms with Crippen molar-refractivity contribution >= 4 is 28.8 Å². The van der Waals surface area contributed by atoms with E-state index in [0.717, 1.165) is 40.4 Å². The Balaban J connectivity index is 1.45. The van der Waals surface area contributed by atoms with Crippen LogP contribution in [0.4, 0.5) is 5.69 Å². The second kappa shape index (κ2) is 8.99. The van der Waals surface area contributed by atoms with Crippen LogP contribution in [0.1, 0.15) is 39.9 Å². The Kier molecular flexibility index (Phi) is 5.86. The maximum absolute atomic E-state index is 13.3. The van der Waals surface area contributed by atoms with E-state index in [1.54, 1.807) is 16.9 Å². The van der Waals surface area contributed by atoms with Crippen LogP contribution >= 0.6 is 11.6 Å². The Morgan fingerprint density at radius 3 is 2.69 bits per heavy atom. The highest BCUT2D eigenvalue weighted by Crippen LogP contribution is 2.26. The monoisotopic (exact) mass is 488 g/mol. The first-order chi connectivity index (χ1) is 16.9. The van der Waals surface area contributed by atoms with E-state index in [9.17, 15) is 4.79 Å². The molecule has 0 fully saturated rings. The zero-order valence-electron chi connectivity index (χ0n) is 19.9. The molecular weight excluding hydrogens is 464 g/mol. The van der Waals surface area contributed by atoms with Crippen molar-refractivity contribution < 1.29 is 4.79 Å². The van der Waals surface area contributed by atoms with Crippen LogP contribution < -0.4 is 5.32 Å². The summed E-state index contributed by atoms with van der Waals surface area (Å²) in [4.78, 5) is 17.7. The molecule has 0 aliphatic rings. The fourth-order valence-electron chi connectivity index (χ4n) is 4.21. The minimum absolute atomic E-state index is 0.292. The molecule has 0 atom stereocenters. The van der Waals surface area contributed by atoms with Gasteiger partial charge in [0.1, 0.15) is 5.56 Å². The Labute approximate surface area is 207 Å². The summed E-state index contributed by atoms with van der Waals surface area (Å²) in [6.07, 6.45) is 5.21. The topological polar surface area (TPSA) is 94.9 Å². The molecule has 5 aromatic rings. The fourth-order valence-corrected chi connectivity index (χ4v) is 4.42. The first-order valence-corrected chi connectivity index (χ1v) is 11.7. The van der Waals surface area contributed by atoms with E-state index in [2.05, 4.69) is 25.6 Å². The van der Waals surface area contributed by atoms with Crippen LogP contribution in [0.25, 0.3) is 16.9 Å². The van der Waals surface area contributed by atoms with Crippen LogP contribution in [0.3, 0.4) is 0 Å². The summed E-state index contributed by atoms with van der Waals surface area (Å²) in [5, 5.41) is 17.3. The van der Waals surface area contributed by atoms with E-state index >= 15 is 0 Å². The number of amides is 1. The van der Waals surface area contributed by atoms with Crippen LogP contribution in [0.15, 0.2) is 48.9 Å². The number of aromatic nitrogens is 7. The molecule has 1 N–H and O–H groups in total. The van der Waals surface area contributed by atoms with Crippen molar-refractivity contribution in [1.82, 2.24) is 34.2 Å². The van der Waals surface area contributed by atoms with Gasteiger partial charge in [0.2, 0.25) is 0 Å². The number of hydrogen-bond donors (Lipinski definition) is 1. The third-order valence-electron chi connectivity index (χ3n) is 6.03. The average molecular weight is 489 g/mol. The Morgan fingerprint density at radius 2 is 1.94 bits per heavy atom. The molecule has 35 heavy (non-hydrogen) atoms. The van der Waals surface area contributed by atoms with Crippen LogP contribution in [-0.4, -0.2) is 40.1 Å². The fraction of sp³-hybridized carbons (Fsp3) is 0.240. The summed E-state index contributed by atoms with van der Waals surface area (Å²) >= 11 is 6.12. The van der Waals surface area contributed by atoms with Gasteiger partial charge in [0.15, 0.2) is 5.65 Å². The number of benzene rings is 1. The third-order valence-corrected chi connectivity index (χ3v) is 6.27. The summed E-state index contributed by atoms with van der Waals surface area (Å²) in [6, 6.07) is 9.52. The van der Waals surface area contributed by atoms with Crippen molar-refractivity contribution in [3.8, 4) is 11.3 Å². The largest absolute Gasteiger partial charge is 0.319 e.